The molecule has 116 valence electrons. The average Bonchev–Trinajstić information content (AvgIpc) is 2.51. The van der Waals surface area contributed by atoms with Gasteiger partial charge in [-0.2, -0.15) is 0 Å². The van der Waals surface area contributed by atoms with Crippen molar-refractivity contribution in [1.82, 2.24) is 4.98 Å². The number of pyridine rings is 1. The Morgan fingerprint density at radius 2 is 1.90 bits per heavy atom. The molecule has 21 heavy (non-hydrogen) atoms. The van der Waals surface area contributed by atoms with Gasteiger partial charge in [-0.05, 0) is 37.5 Å². The minimum atomic E-state index is -0.284. The highest BCUT2D eigenvalue weighted by molar-refractivity contribution is 5.86. The van der Waals surface area contributed by atoms with E-state index in [2.05, 4.69) is 11.9 Å². The molecule has 1 aromatic rings. The van der Waals surface area contributed by atoms with Gasteiger partial charge in [-0.3, -0.25) is 14.6 Å². The van der Waals surface area contributed by atoms with Gasteiger partial charge in [0.15, 0.2) is 0 Å². The van der Waals surface area contributed by atoms with Gasteiger partial charge in [0.2, 0.25) is 0 Å². The minimum absolute atomic E-state index is 0.194. The van der Waals surface area contributed by atoms with E-state index in [1.807, 2.05) is 19.1 Å². The van der Waals surface area contributed by atoms with E-state index in [0.717, 1.165) is 18.4 Å². The first kappa shape index (κ1) is 17.3. The normalized spacial score (nSPS) is 13.5. The van der Waals surface area contributed by atoms with Crippen LogP contribution in [0.4, 0.5) is 0 Å². The van der Waals surface area contributed by atoms with Crippen LogP contribution in [0.3, 0.4) is 0 Å². The molecule has 0 spiro atoms. The lowest BCUT2D eigenvalue weighted by molar-refractivity contribution is -0.147. The van der Waals surface area contributed by atoms with E-state index in [0.29, 0.717) is 19.4 Å². The van der Waals surface area contributed by atoms with Crippen molar-refractivity contribution in [3.8, 4) is 0 Å². The SMILES string of the molecule is CCCCC(=O)C(CC(C)C(=O)OCC)c1ccncc1. The lowest BCUT2D eigenvalue weighted by Gasteiger charge is -2.19. The van der Waals surface area contributed by atoms with Gasteiger partial charge in [0, 0.05) is 24.7 Å². The molecule has 1 rings (SSSR count). The van der Waals surface area contributed by atoms with Gasteiger partial charge in [0.1, 0.15) is 5.78 Å². The van der Waals surface area contributed by atoms with Crippen LogP contribution in [0.5, 0.6) is 0 Å². The monoisotopic (exact) mass is 291 g/mol. The zero-order valence-electron chi connectivity index (χ0n) is 13.2. The molecule has 0 amide bonds. The summed E-state index contributed by atoms with van der Waals surface area (Å²) in [6.07, 6.45) is 6.29. The summed E-state index contributed by atoms with van der Waals surface area (Å²) in [7, 11) is 0. The summed E-state index contributed by atoms with van der Waals surface area (Å²) >= 11 is 0. The second kappa shape index (κ2) is 9.27. The fourth-order valence-corrected chi connectivity index (χ4v) is 2.31. The third-order valence-electron chi connectivity index (χ3n) is 3.55. The van der Waals surface area contributed by atoms with Crippen LogP contribution >= 0.6 is 0 Å². The summed E-state index contributed by atoms with van der Waals surface area (Å²) in [6, 6.07) is 3.71. The molecule has 1 aromatic heterocycles. The number of carbonyl (C=O) groups is 2. The number of hydrogen-bond acceptors (Lipinski definition) is 4. The fourth-order valence-electron chi connectivity index (χ4n) is 2.31. The lowest BCUT2D eigenvalue weighted by Crippen LogP contribution is -2.22. The zero-order chi connectivity index (χ0) is 15.7. The summed E-state index contributed by atoms with van der Waals surface area (Å²) in [5, 5.41) is 0. The second-order valence-corrected chi connectivity index (χ2v) is 5.29. The number of ketones is 1. The van der Waals surface area contributed by atoms with Crippen molar-refractivity contribution < 1.29 is 14.3 Å². The number of nitrogens with zero attached hydrogens (tertiary/aromatic N) is 1. The van der Waals surface area contributed by atoms with Crippen LogP contribution in [-0.4, -0.2) is 23.3 Å². The molecule has 0 bridgehead atoms. The highest BCUT2D eigenvalue weighted by Crippen LogP contribution is 2.27. The molecule has 4 heteroatoms. The number of esters is 1. The Kier molecular flexibility index (Phi) is 7.65. The van der Waals surface area contributed by atoms with E-state index in [1.165, 1.54) is 0 Å². The van der Waals surface area contributed by atoms with Gasteiger partial charge in [0.05, 0.1) is 12.5 Å². The molecule has 0 aliphatic rings. The number of hydrogen-bond donors (Lipinski definition) is 0. The molecule has 2 unspecified atom stereocenters. The first-order valence-corrected chi connectivity index (χ1v) is 7.69. The summed E-state index contributed by atoms with van der Waals surface area (Å²) in [6.45, 7) is 6.04. The zero-order valence-corrected chi connectivity index (χ0v) is 13.2. The quantitative estimate of drug-likeness (QED) is 0.653. The lowest BCUT2D eigenvalue weighted by atomic mass is 9.85. The van der Waals surface area contributed by atoms with Gasteiger partial charge in [-0.15, -0.1) is 0 Å². The van der Waals surface area contributed by atoms with E-state index < -0.39 is 0 Å². The number of carbonyl (C=O) groups excluding carboxylic acids is 2. The van der Waals surface area contributed by atoms with E-state index in [4.69, 9.17) is 4.74 Å². The van der Waals surface area contributed by atoms with Crippen molar-refractivity contribution in [1.29, 1.82) is 0 Å². The van der Waals surface area contributed by atoms with Gasteiger partial charge in [-0.25, -0.2) is 0 Å². The van der Waals surface area contributed by atoms with Crippen LogP contribution in [0.15, 0.2) is 24.5 Å². The molecule has 0 aromatic carbocycles. The van der Waals surface area contributed by atoms with E-state index in [1.54, 1.807) is 19.3 Å². The Morgan fingerprint density at radius 1 is 1.24 bits per heavy atom. The first-order chi connectivity index (χ1) is 10.1. The molecule has 0 saturated carbocycles. The van der Waals surface area contributed by atoms with Crippen LogP contribution in [0.1, 0.15) is 57.9 Å². The molecular formula is C17H25NO3. The van der Waals surface area contributed by atoms with Gasteiger partial charge in [-0.1, -0.05) is 20.3 Å². The molecule has 2 atom stereocenters. The van der Waals surface area contributed by atoms with Crippen molar-refractivity contribution in [3.63, 3.8) is 0 Å². The average molecular weight is 291 g/mol. The molecule has 0 saturated heterocycles. The Hall–Kier alpha value is -1.71. The number of unbranched alkanes of at least 4 members (excludes halogenated alkanes) is 1. The standard InChI is InChI=1S/C17H25NO3/c1-4-6-7-16(19)15(14-8-10-18-11-9-14)12-13(3)17(20)21-5-2/h8-11,13,15H,4-7,12H2,1-3H3. The molecule has 0 fully saturated rings. The summed E-state index contributed by atoms with van der Waals surface area (Å²) in [4.78, 5) is 28.2. The highest BCUT2D eigenvalue weighted by atomic mass is 16.5. The van der Waals surface area contributed by atoms with Crippen molar-refractivity contribution in [2.24, 2.45) is 5.92 Å². The summed E-state index contributed by atoms with van der Waals surface area (Å²) in [5.41, 5.74) is 0.933. The number of ether oxygens (including phenoxy) is 1. The molecule has 0 aliphatic heterocycles. The molecule has 0 aliphatic carbocycles. The maximum Gasteiger partial charge on any atom is 0.308 e. The van der Waals surface area contributed by atoms with Gasteiger partial charge >= 0.3 is 5.97 Å². The highest BCUT2D eigenvalue weighted by Gasteiger charge is 2.26. The molecular weight excluding hydrogens is 266 g/mol. The molecule has 0 N–H and O–H groups in total. The predicted octanol–water partition coefficient (Wildman–Crippen LogP) is 3.51. The Bertz CT molecular complexity index is 445. The number of aromatic nitrogens is 1. The minimum Gasteiger partial charge on any atom is -0.466 e. The van der Waals surface area contributed by atoms with Crippen LogP contribution in [-0.2, 0) is 14.3 Å². The number of rotatable bonds is 9. The van der Waals surface area contributed by atoms with Crippen LogP contribution < -0.4 is 0 Å². The molecule has 4 nitrogen and oxygen atoms in total. The maximum absolute atomic E-state index is 12.4. The maximum atomic E-state index is 12.4. The van der Waals surface area contributed by atoms with E-state index in [9.17, 15) is 9.59 Å². The first-order valence-electron chi connectivity index (χ1n) is 7.69. The van der Waals surface area contributed by atoms with Crippen LogP contribution in [0, 0.1) is 5.92 Å². The largest absolute Gasteiger partial charge is 0.466 e. The third-order valence-corrected chi connectivity index (χ3v) is 3.55. The molecule has 1 heterocycles. The van der Waals surface area contributed by atoms with Crippen molar-refractivity contribution >= 4 is 11.8 Å². The smallest absolute Gasteiger partial charge is 0.308 e. The van der Waals surface area contributed by atoms with Gasteiger partial charge < -0.3 is 4.74 Å². The summed E-state index contributed by atoms with van der Waals surface area (Å²) < 4.78 is 5.04. The third kappa shape index (κ3) is 5.66. The van der Waals surface area contributed by atoms with E-state index in [-0.39, 0.29) is 23.6 Å². The van der Waals surface area contributed by atoms with Crippen LogP contribution in [0.2, 0.25) is 0 Å². The second-order valence-electron chi connectivity index (χ2n) is 5.29. The van der Waals surface area contributed by atoms with Crippen LogP contribution in [0.25, 0.3) is 0 Å². The van der Waals surface area contributed by atoms with Crippen molar-refractivity contribution in [2.75, 3.05) is 6.61 Å². The van der Waals surface area contributed by atoms with Crippen molar-refractivity contribution in [2.45, 2.75) is 52.4 Å². The summed E-state index contributed by atoms with van der Waals surface area (Å²) in [5.74, 6) is -0.577. The Morgan fingerprint density at radius 3 is 2.48 bits per heavy atom. The topological polar surface area (TPSA) is 56.3 Å². The Balaban J connectivity index is 2.82. The Labute approximate surface area is 126 Å². The van der Waals surface area contributed by atoms with Crippen molar-refractivity contribution in [3.05, 3.63) is 30.1 Å². The fraction of sp³-hybridized carbons (Fsp3) is 0.588. The predicted molar refractivity (Wildman–Crippen MR) is 81.9 cm³/mol. The molecule has 0 radical (unpaired) electrons. The van der Waals surface area contributed by atoms with Gasteiger partial charge in [0.25, 0.3) is 0 Å². The number of Topliss-reactive ketones (excluding diaryl/α,β-unsaturated/α-hetero) is 1. The van der Waals surface area contributed by atoms with E-state index >= 15 is 0 Å².